The molecule has 3 nitrogen and oxygen atoms in total. The third kappa shape index (κ3) is 2.46. The third-order valence-corrected chi connectivity index (χ3v) is 2.32. The summed E-state index contributed by atoms with van der Waals surface area (Å²) in [6.45, 7) is 2.05. The number of aromatic nitrogens is 1. The number of aliphatic imine (C=N–C) groups is 1. The third-order valence-electron chi connectivity index (χ3n) is 2.32. The first kappa shape index (κ1) is 11.6. The van der Waals surface area contributed by atoms with E-state index in [1.165, 1.54) is 13.0 Å². The predicted octanol–water partition coefficient (Wildman–Crippen LogP) is 2.27. The van der Waals surface area contributed by atoms with Crippen molar-refractivity contribution < 1.29 is 13.2 Å². The number of alkyl halides is 3. The molecule has 0 amide bonds. The van der Waals surface area contributed by atoms with Crippen molar-refractivity contribution in [1.29, 1.82) is 0 Å². The van der Waals surface area contributed by atoms with E-state index in [4.69, 9.17) is 0 Å². The molecular formula is C11H10F3N3. The Bertz CT molecular complexity index is 489. The average molecular weight is 241 g/mol. The van der Waals surface area contributed by atoms with Crippen LogP contribution in [0.4, 0.5) is 13.2 Å². The molecule has 0 radical (unpaired) electrons. The standard InChI is InChI=1S/C11H10F3N3/c1-7-8(10-15-5-2-6-16-10)3-4-9(17-7)11(12,13)14/h2-5H,6H2,1H3,(H,15,16). The van der Waals surface area contributed by atoms with E-state index < -0.39 is 11.9 Å². The molecule has 0 aliphatic carbocycles. The lowest BCUT2D eigenvalue weighted by Crippen LogP contribution is -2.24. The number of aryl methyl sites for hydroxylation is 1. The molecule has 0 unspecified atom stereocenters. The molecule has 0 saturated heterocycles. The summed E-state index contributed by atoms with van der Waals surface area (Å²) in [5, 5.41) is 2.88. The van der Waals surface area contributed by atoms with Crippen molar-refractivity contribution in [3.05, 3.63) is 41.4 Å². The van der Waals surface area contributed by atoms with Gasteiger partial charge in [0, 0.05) is 17.5 Å². The maximum absolute atomic E-state index is 12.4. The van der Waals surface area contributed by atoms with Crippen molar-refractivity contribution in [1.82, 2.24) is 10.3 Å². The van der Waals surface area contributed by atoms with E-state index in [-0.39, 0.29) is 0 Å². The summed E-state index contributed by atoms with van der Waals surface area (Å²) in [5.41, 5.74) is 0.00873. The van der Waals surface area contributed by atoms with Crippen molar-refractivity contribution in [2.24, 2.45) is 4.99 Å². The van der Waals surface area contributed by atoms with Crippen LogP contribution in [0.25, 0.3) is 0 Å². The number of halogens is 3. The largest absolute Gasteiger partial charge is 0.433 e. The first-order chi connectivity index (χ1) is 7.98. The second kappa shape index (κ2) is 4.20. The summed E-state index contributed by atoms with van der Waals surface area (Å²) in [6.07, 6.45) is -0.888. The van der Waals surface area contributed by atoms with Gasteiger partial charge < -0.3 is 5.32 Å². The topological polar surface area (TPSA) is 37.3 Å². The maximum Gasteiger partial charge on any atom is 0.433 e. The fraction of sp³-hybridized carbons (Fsp3) is 0.273. The average Bonchev–Trinajstić information content (AvgIpc) is 2.29. The number of pyridine rings is 1. The Kier molecular flexibility index (Phi) is 2.87. The molecule has 1 N–H and O–H groups in total. The molecule has 2 heterocycles. The molecule has 0 saturated carbocycles. The van der Waals surface area contributed by atoms with Crippen LogP contribution in [0, 0.1) is 6.92 Å². The minimum atomic E-state index is -4.41. The van der Waals surface area contributed by atoms with Crippen molar-refractivity contribution in [2.75, 3.05) is 6.54 Å². The molecule has 1 aliphatic rings. The SMILES string of the molecule is Cc1nc(C(F)(F)F)ccc1C1=NCC=CN1. The van der Waals surface area contributed by atoms with Gasteiger partial charge in [-0.3, -0.25) is 4.99 Å². The second-order valence-corrected chi connectivity index (χ2v) is 3.56. The molecule has 0 fully saturated rings. The summed E-state index contributed by atoms with van der Waals surface area (Å²) in [5.74, 6) is 0.547. The van der Waals surface area contributed by atoms with Crippen LogP contribution in [-0.4, -0.2) is 17.4 Å². The fourth-order valence-electron chi connectivity index (χ4n) is 1.51. The highest BCUT2D eigenvalue weighted by Crippen LogP contribution is 2.28. The van der Waals surface area contributed by atoms with E-state index in [0.717, 1.165) is 6.07 Å². The number of hydrogen-bond acceptors (Lipinski definition) is 3. The second-order valence-electron chi connectivity index (χ2n) is 3.56. The molecule has 0 spiro atoms. The quantitative estimate of drug-likeness (QED) is 0.819. The van der Waals surface area contributed by atoms with Crippen molar-refractivity contribution in [2.45, 2.75) is 13.1 Å². The number of rotatable bonds is 1. The Morgan fingerprint density at radius 1 is 1.29 bits per heavy atom. The molecule has 0 atom stereocenters. The Morgan fingerprint density at radius 3 is 2.59 bits per heavy atom. The van der Waals surface area contributed by atoms with Gasteiger partial charge in [0.15, 0.2) is 0 Å². The molecule has 17 heavy (non-hydrogen) atoms. The van der Waals surface area contributed by atoms with Crippen molar-refractivity contribution in [3.8, 4) is 0 Å². The van der Waals surface area contributed by atoms with Gasteiger partial charge in [0.1, 0.15) is 11.5 Å². The fourth-order valence-corrected chi connectivity index (χ4v) is 1.51. The maximum atomic E-state index is 12.4. The predicted molar refractivity (Wildman–Crippen MR) is 57.7 cm³/mol. The lowest BCUT2D eigenvalue weighted by Gasteiger charge is -2.13. The molecule has 0 aromatic carbocycles. The van der Waals surface area contributed by atoms with E-state index >= 15 is 0 Å². The summed E-state index contributed by atoms with van der Waals surface area (Å²) < 4.78 is 37.3. The van der Waals surface area contributed by atoms with Gasteiger partial charge >= 0.3 is 6.18 Å². The van der Waals surface area contributed by atoms with Gasteiger partial charge in [-0.1, -0.05) is 0 Å². The zero-order valence-electron chi connectivity index (χ0n) is 9.04. The number of amidine groups is 1. The van der Waals surface area contributed by atoms with Crippen molar-refractivity contribution in [3.63, 3.8) is 0 Å². The molecule has 1 aromatic rings. The van der Waals surface area contributed by atoms with E-state index in [1.807, 2.05) is 6.08 Å². The van der Waals surface area contributed by atoms with Crippen molar-refractivity contribution >= 4 is 5.84 Å². The number of nitrogens with one attached hydrogen (secondary N) is 1. The van der Waals surface area contributed by atoms with E-state index in [2.05, 4.69) is 15.3 Å². The smallest absolute Gasteiger partial charge is 0.347 e. The first-order valence-corrected chi connectivity index (χ1v) is 4.99. The summed E-state index contributed by atoms with van der Waals surface area (Å²) in [6, 6.07) is 2.35. The van der Waals surface area contributed by atoms with Gasteiger partial charge in [-0.15, -0.1) is 0 Å². The van der Waals surface area contributed by atoms with Crippen LogP contribution in [0.3, 0.4) is 0 Å². The zero-order valence-corrected chi connectivity index (χ0v) is 9.04. The first-order valence-electron chi connectivity index (χ1n) is 4.99. The van der Waals surface area contributed by atoms with Gasteiger partial charge in [0.2, 0.25) is 0 Å². The van der Waals surface area contributed by atoms with Gasteiger partial charge in [0.05, 0.1) is 6.54 Å². The van der Waals surface area contributed by atoms with Gasteiger partial charge in [-0.2, -0.15) is 13.2 Å². The number of hydrogen-bond donors (Lipinski definition) is 1. The monoisotopic (exact) mass is 241 g/mol. The van der Waals surface area contributed by atoms with Crippen LogP contribution >= 0.6 is 0 Å². The van der Waals surface area contributed by atoms with Crippen LogP contribution in [-0.2, 0) is 6.18 Å². The van der Waals surface area contributed by atoms with Gasteiger partial charge in [0.25, 0.3) is 0 Å². The molecule has 0 bridgehead atoms. The van der Waals surface area contributed by atoms with Crippen LogP contribution < -0.4 is 5.32 Å². The summed E-state index contributed by atoms with van der Waals surface area (Å²) in [7, 11) is 0. The lowest BCUT2D eigenvalue weighted by molar-refractivity contribution is -0.141. The summed E-state index contributed by atoms with van der Waals surface area (Å²) in [4.78, 5) is 7.70. The van der Waals surface area contributed by atoms with E-state index in [0.29, 0.717) is 23.6 Å². The molecule has 1 aliphatic heterocycles. The Morgan fingerprint density at radius 2 is 2.06 bits per heavy atom. The van der Waals surface area contributed by atoms with Crippen LogP contribution in [0.5, 0.6) is 0 Å². The minimum Gasteiger partial charge on any atom is -0.347 e. The Hall–Kier alpha value is -1.85. The van der Waals surface area contributed by atoms with Gasteiger partial charge in [-0.05, 0) is 25.1 Å². The molecule has 1 aromatic heterocycles. The van der Waals surface area contributed by atoms with Crippen LogP contribution in [0.15, 0.2) is 29.4 Å². The zero-order chi connectivity index (χ0) is 12.5. The Balaban J connectivity index is 2.35. The molecule has 6 heteroatoms. The molecular weight excluding hydrogens is 231 g/mol. The molecule has 2 rings (SSSR count). The van der Waals surface area contributed by atoms with Crippen LogP contribution in [0.2, 0.25) is 0 Å². The Labute approximate surface area is 96.1 Å². The number of nitrogens with zero attached hydrogens (tertiary/aromatic N) is 2. The lowest BCUT2D eigenvalue weighted by atomic mass is 10.1. The highest BCUT2D eigenvalue weighted by atomic mass is 19.4. The van der Waals surface area contributed by atoms with E-state index in [9.17, 15) is 13.2 Å². The molecule has 90 valence electrons. The summed E-state index contributed by atoms with van der Waals surface area (Å²) >= 11 is 0. The van der Waals surface area contributed by atoms with E-state index in [1.54, 1.807) is 6.20 Å². The van der Waals surface area contributed by atoms with Crippen LogP contribution in [0.1, 0.15) is 17.0 Å². The highest BCUT2D eigenvalue weighted by Gasteiger charge is 2.32. The minimum absolute atomic E-state index is 0.307. The van der Waals surface area contributed by atoms with Gasteiger partial charge in [-0.25, -0.2) is 4.98 Å². The normalized spacial score (nSPS) is 15.4. The highest BCUT2D eigenvalue weighted by molar-refractivity contribution is 6.00.